The summed E-state index contributed by atoms with van der Waals surface area (Å²) < 4.78 is 22.2. The fourth-order valence-electron chi connectivity index (χ4n) is 5.21. The number of aliphatic hydroxyl groups excluding tert-OH is 4. The van der Waals surface area contributed by atoms with Gasteiger partial charge in [-0.25, -0.2) is 0 Å². The van der Waals surface area contributed by atoms with E-state index in [9.17, 15) is 29.1 Å². The van der Waals surface area contributed by atoms with Crippen molar-refractivity contribution < 1.29 is 38.6 Å². The minimum atomic E-state index is -1.42. The molecule has 2 saturated heterocycles. The number of halogens is 2. The molecule has 3 aliphatic heterocycles. The molecule has 10 atom stereocenters. The molecule has 0 radical (unpaired) electrons. The number of amides is 1. The van der Waals surface area contributed by atoms with Crippen LogP contribution in [0.2, 0.25) is 0 Å². The van der Waals surface area contributed by atoms with Crippen LogP contribution in [-0.4, -0.2) is 105 Å². The van der Waals surface area contributed by atoms with E-state index in [-0.39, 0.29) is 36.7 Å². The van der Waals surface area contributed by atoms with Crippen LogP contribution < -0.4 is 10.6 Å². The van der Waals surface area contributed by atoms with Gasteiger partial charge in [0.1, 0.15) is 35.9 Å². The van der Waals surface area contributed by atoms with E-state index in [0.29, 0.717) is 13.2 Å². The highest BCUT2D eigenvalue weighted by Gasteiger charge is 2.49. The van der Waals surface area contributed by atoms with Gasteiger partial charge in [0.25, 0.3) is 0 Å². The smallest absolute Gasteiger partial charge is 0.240 e. The Bertz CT molecular complexity index is 959. The molecular formula is C26H38ClFN2O7S2. The first kappa shape index (κ1) is 32.6. The SMILES string of the molecule is CSC1O[C@H]([C@H](NC(=O)[C@H]2NC[C@@H]3CC(c4ccc(CO)cc4)=CCO[C@H]32)[C@H](C)Cl)C(O)[C@@H](O)[C@H]1O.CSF. The molecule has 39 heavy (non-hydrogen) atoms. The van der Waals surface area contributed by atoms with Crippen molar-refractivity contribution in [1.29, 1.82) is 0 Å². The van der Waals surface area contributed by atoms with E-state index in [0.717, 1.165) is 23.1 Å². The van der Waals surface area contributed by atoms with Crippen molar-refractivity contribution in [2.45, 2.75) is 73.4 Å². The molecule has 3 heterocycles. The van der Waals surface area contributed by atoms with Gasteiger partial charge in [-0.3, -0.25) is 4.79 Å². The fourth-order valence-corrected chi connectivity index (χ4v) is 6.09. The van der Waals surface area contributed by atoms with E-state index in [1.54, 1.807) is 13.2 Å². The Morgan fingerprint density at radius 3 is 2.46 bits per heavy atom. The number of carbonyl (C=O) groups is 1. The maximum Gasteiger partial charge on any atom is 0.240 e. The topological polar surface area (TPSA) is 141 Å². The summed E-state index contributed by atoms with van der Waals surface area (Å²) in [5.74, 6) is -0.249. The number of fused-ring (bicyclic) bond motifs is 1. The van der Waals surface area contributed by atoms with Crippen molar-refractivity contribution in [2.24, 2.45) is 5.92 Å². The van der Waals surface area contributed by atoms with Crippen molar-refractivity contribution in [1.82, 2.24) is 10.6 Å². The number of nitrogens with one attached hydrogen (secondary N) is 2. The lowest BCUT2D eigenvalue weighted by Gasteiger charge is -2.44. The number of benzene rings is 1. The third-order valence-electron chi connectivity index (χ3n) is 7.28. The van der Waals surface area contributed by atoms with Gasteiger partial charge in [0.2, 0.25) is 5.91 Å². The van der Waals surface area contributed by atoms with Crippen molar-refractivity contribution in [2.75, 3.05) is 25.7 Å². The molecule has 9 nitrogen and oxygen atoms in total. The molecule has 0 aromatic heterocycles. The van der Waals surface area contributed by atoms with E-state index in [1.165, 1.54) is 18.0 Å². The van der Waals surface area contributed by atoms with Crippen LogP contribution in [-0.2, 0) is 20.9 Å². The van der Waals surface area contributed by atoms with Gasteiger partial charge < -0.3 is 40.5 Å². The second-order valence-electron chi connectivity index (χ2n) is 9.78. The lowest BCUT2D eigenvalue weighted by molar-refractivity contribution is -0.205. The molecule has 0 bridgehead atoms. The number of hydrogen-bond acceptors (Lipinski definition) is 10. The summed E-state index contributed by atoms with van der Waals surface area (Å²) in [4.78, 5) is 13.4. The standard InChI is InChI=1S/C25H35ClN2O7S.CH3FS/c1-12(26)17(23-20(31)19(30)21(32)25(35-23)36-2)28-24(33)18-22-16(10-27-18)9-15(7-8-34-22)14-5-3-13(11-29)4-6-14;1-3-2/h3-7,12,16-23,25,27,29-32H,8-11H2,1-2H3,(H,28,33);1H3/t12-,16-,17+,18-,19+,20?,21+,22+,23+,25?;/m0./s1. The lowest BCUT2D eigenvalue weighted by Crippen LogP contribution is -2.65. The molecule has 2 fully saturated rings. The molecule has 13 heteroatoms. The third kappa shape index (κ3) is 7.88. The summed E-state index contributed by atoms with van der Waals surface area (Å²) in [6, 6.07) is 6.34. The normalized spacial score (nSPS) is 34.0. The first-order valence-corrected chi connectivity index (χ1v) is 15.6. The van der Waals surface area contributed by atoms with Crippen LogP contribution >= 0.6 is 35.5 Å². The van der Waals surface area contributed by atoms with Crippen molar-refractivity contribution >= 4 is 47.0 Å². The van der Waals surface area contributed by atoms with Crippen LogP contribution in [0.4, 0.5) is 3.89 Å². The number of rotatable bonds is 7. The zero-order valence-corrected chi connectivity index (χ0v) is 24.5. The zero-order chi connectivity index (χ0) is 28.7. The van der Waals surface area contributed by atoms with Gasteiger partial charge in [-0.2, -0.15) is 3.89 Å². The quantitative estimate of drug-likeness (QED) is 0.252. The number of alkyl halides is 1. The van der Waals surface area contributed by atoms with Crippen molar-refractivity contribution in [3.05, 3.63) is 41.5 Å². The summed E-state index contributed by atoms with van der Waals surface area (Å²) in [5.41, 5.74) is 2.28. The Kier molecular flexibility index (Phi) is 12.8. The second-order valence-corrected chi connectivity index (χ2v) is 11.7. The van der Waals surface area contributed by atoms with Crippen LogP contribution in [0.15, 0.2) is 30.3 Å². The molecule has 220 valence electrons. The molecule has 1 aromatic carbocycles. The molecular weight excluding hydrogens is 571 g/mol. The molecule has 6 N–H and O–H groups in total. The third-order valence-corrected chi connectivity index (χ3v) is 8.41. The van der Waals surface area contributed by atoms with E-state index in [1.807, 2.05) is 30.3 Å². The lowest BCUT2D eigenvalue weighted by atomic mass is 9.90. The number of ether oxygens (including phenoxy) is 2. The fraction of sp³-hybridized carbons (Fsp3) is 0.654. The van der Waals surface area contributed by atoms with Crippen LogP contribution in [0.1, 0.15) is 24.5 Å². The highest BCUT2D eigenvalue weighted by Crippen LogP contribution is 2.34. The maximum atomic E-state index is 13.4. The predicted octanol–water partition coefficient (Wildman–Crippen LogP) is 1.46. The number of aliphatic hydroxyl groups is 4. The maximum absolute atomic E-state index is 13.4. The summed E-state index contributed by atoms with van der Waals surface area (Å²) in [6.45, 7) is 2.64. The Morgan fingerprint density at radius 2 is 1.87 bits per heavy atom. The first-order valence-electron chi connectivity index (χ1n) is 12.7. The van der Waals surface area contributed by atoms with Gasteiger partial charge in [-0.15, -0.1) is 23.4 Å². The molecule has 0 spiro atoms. The van der Waals surface area contributed by atoms with Crippen LogP contribution in [0.25, 0.3) is 5.57 Å². The van der Waals surface area contributed by atoms with Gasteiger partial charge in [0, 0.05) is 30.9 Å². The van der Waals surface area contributed by atoms with Gasteiger partial charge in [-0.05, 0) is 36.3 Å². The molecule has 0 saturated carbocycles. The van der Waals surface area contributed by atoms with Crippen LogP contribution in [0.5, 0.6) is 0 Å². The molecule has 3 aliphatic rings. The Labute approximate surface area is 242 Å². The highest BCUT2D eigenvalue weighted by atomic mass is 35.5. The predicted molar refractivity (Wildman–Crippen MR) is 152 cm³/mol. The number of hydrogen-bond donors (Lipinski definition) is 6. The number of carbonyl (C=O) groups excluding carboxylic acids is 1. The van der Waals surface area contributed by atoms with Crippen LogP contribution in [0.3, 0.4) is 0 Å². The van der Waals surface area contributed by atoms with Gasteiger partial charge in [0.15, 0.2) is 0 Å². The zero-order valence-electron chi connectivity index (χ0n) is 22.1. The van der Waals surface area contributed by atoms with Gasteiger partial charge in [-0.1, -0.05) is 30.3 Å². The highest BCUT2D eigenvalue weighted by molar-refractivity contribution is 7.99. The summed E-state index contributed by atoms with van der Waals surface area (Å²) in [5, 5.41) is 45.9. The van der Waals surface area contributed by atoms with Gasteiger partial charge in [0.05, 0.1) is 30.7 Å². The van der Waals surface area contributed by atoms with Crippen molar-refractivity contribution in [3.8, 4) is 0 Å². The summed E-state index contributed by atoms with van der Waals surface area (Å²) >= 11 is 7.86. The average Bonchev–Trinajstić information content (AvgIpc) is 3.21. The minimum Gasteiger partial charge on any atom is -0.392 e. The van der Waals surface area contributed by atoms with Crippen molar-refractivity contribution in [3.63, 3.8) is 0 Å². The minimum absolute atomic E-state index is 0.00380. The Hall–Kier alpha value is -0.930. The monoisotopic (exact) mass is 608 g/mol. The summed E-state index contributed by atoms with van der Waals surface area (Å²) in [7, 11) is 0. The Balaban J connectivity index is 0.00000134. The largest absolute Gasteiger partial charge is 0.392 e. The molecule has 2 unspecified atom stereocenters. The molecule has 1 aromatic rings. The second kappa shape index (κ2) is 15.3. The first-order chi connectivity index (χ1) is 18.7. The average molecular weight is 609 g/mol. The molecule has 1 amide bonds. The van der Waals surface area contributed by atoms with E-state index in [2.05, 4.69) is 10.6 Å². The molecule has 0 aliphatic carbocycles. The van der Waals surface area contributed by atoms with E-state index < -0.39 is 47.3 Å². The molecule has 4 rings (SSSR count). The van der Waals surface area contributed by atoms with E-state index in [4.69, 9.17) is 21.1 Å². The van der Waals surface area contributed by atoms with Crippen LogP contribution in [0, 0.1) is 5.92 Å². The van der Waals surface area contributed by atoms with Gasteiger partial charge >= 0.3 is 0 Å². The number of thioether (sulfide) groups is 1. The summed E-state index contributed by atoms with van der Waals surface area (Å²) in [6.07, 6.45) is 0.410. The Morgan fingerprint density at radius 1 is 1.21 bits per heavy atom. The number of allylic oxidation sites excluding steroid dienone is 1. The van der Waals surface area contributed by atoms with E-state index >= 15 is 0 Å².